The molecule has 1 radical (unpaired) electrons. The third-order valence-corrected chi connectivity index (χ3v) is 1.59. The Morgan fingerprint density at radius 1 is 0.846 bits per heavy atom. The number of ketones is 2. The molecule has 1 aromatic heterocycles. The van der Waals surface area contributed by atoms with Crippen LogP contribution in [0.3, 0.4) is 0 Å². The number of rotatable bonds is 3. The average molecular weight is 527 g/mol. The van der Waals surface area contributed by atoms with E-state index in [9.17, 15) is 29.7 Å². The van der Waals surface area contributed by atoms with Crippen molar-refractivity contribution in [3.63, 3.8) is 0 Å². The largest absolute Gasteiger partial charge is 3.00 e. The first-order chi connectivity index (χ1) is 10.6. The van der Waals surface area contributed by atoms with Crippen molar-refractivity contribution >= 4 is 17.5 Å². The van der Waals surface area contributed by atoms with Gasteiger partial charge < -0.3 is 31.1 Å². The number of carbonyl (C=O) groups excluding carboxylic acids is 3. The third kappa shape index (κ3) is 30.1. The summed E-state index contributed by atoms with van der Waals surface area (Å²) in [5.74, 6) is -2.05. The third-order valence-electron chi connectivity index (χ3n) is 1.59. The molecule has 0 fully saturated rings. The summed E-state index contributed by atoms with van der Waals surface area (Å²) in [6, 6.07) is 0. The SMILES string of the molecule is CC(=O)/C=C(/C)[O-].CC(=O)/C=C(/C)[O-].O=C([O-])c1cnccn1.[Er+3].[OH3+].[OH3+]. The van der Waals surface area contributed by atoms with E-state index >= 15 is 0 Å². The van der Waals surface area contributed by atoms with E-state index in [1.54, 1.807) is 0 Å². The normalized spacial score (nSPS) is 9.23. The quantitative estimate of drug-likeness (QED) is 0.220. The molecular formula is C15H23ErN2O8+2. The summed E-state index contributed by atoms with van der Waals surface area (Å²) < 4.78 is 0. The maximum atomic E-state index is 9.99. The summed E-state index contributed by atoms with van der Waals surface area (Å²) >= 11 is 0. The predicted octanol–water partition coefficient (Wildman–Crippen LogP) is -3.32. The zero-order chi connectivity index (χ0) is 18.4. The average Bonchev–Trinajstić information content (AvgIpc) is 2.37. The van der Waals surface area contributed by atoms with Gasteiger partial charge in [0.25, 0.3) is 0 Å². The molecule has 151 valence electrons. The molecule has 0 aliphatic carbocycles. The molecule has 26 heavy (non-hydrogen) atoms. The van der Waals surface area contributed by atoms with Gasteiger partial charge in [0.15, 0.2) is 11.6 Å². The number of carboxylic acid groups (broad SMARTS) is 1. The number of nitrogens with zero attached hydrogens (tertiary/aromatic N) is 2. The fourth-order valence-corrected chi connectivity index (χ4v) is 0.977. The van der Waals surface area contributed by atoms with E-state index in [4.69, 9.17) is 0 Å². The van der Waals surface area contributed by atoms with Crippen molar-refractivity contribution < 1.29 is 78.0 Å². The molecule has 11 heteroatoms. The molecule has 1 heterocycles. The fraction of sp³-hybridized carbons (Fsp3) is 0.267. The minimum absolute atomic E-state index is 0. The van der Waals surface area contributed by atoms with Crippen LogP contribution in [-0.4, -0.2) is 27.5 Å². The van der Waals surface area contributed by atoms with Crippen LogP contribution in [0, 0.1) is 37.3 Å². The van der Waals surface area contributed by atoms with Crippen LogP contribution >= 0.6 is 0 Å². The molecule has 6 N–H and O–H groups in total. The van der Waals surface area contributed by atoms with Crippen LogP contribution in [0.5, 0.6) is 0 Å². The Morgan fingerprint density at radius 3 is 1.35 bits per heavy atom. The molecule has 0 bridgehead atoms. The molecule has 0 unspecified atom stereocenters. The fourth-order valence-electron chi connectivity index (χ4n) is 0.977. The van der Waals surface area contributed by atoms with E-state index in [0.717, 1.165) is 18.3 Å². The molecule has 1 aromatic rings. The number of aromatic carboxylic acids is 1. The van der Waals surface area contributed by atoms with E-state index in [2.05, 4.69) is 9.97 Å². The maximum absolute atomic E-state index is 9.99. The van der Waals surface area contributed by atoms with Gasteiger partial charge in [0.05, 0.1) is 12.2 Å². The van der Waals surface area contributed by atoms with Crippen LogP contribution in [0.1, 0.15) is 38.2 Å². The van der Waals surface area contributed by atoms with Crippen LogP contribution in [0.15, 0.2) is 42.3 Å². The Balaban J connectivity index is -0.0000000813. The Hall–Kier alpha value is -1.86. The molecule has 0 aromatic carbocycles. The smallest absolute Gasteiger partial charge is 0.876 e. The van der Waals surface area contributed by atoms with Gasteiger partial charge in [-0.1, -0.05) is 13.8 Å². The zero-order valence-electron chi connectivity index (χ0n) is 14.7. The van der Waals surface area contributed by atoms with Gasteiger partial charge in [-0.05, 0) is 26.0 Å². The van der Waals surface area contributed by atoms with Crippen LogP contribution in [-0.2, 0) is 20.5 Å². The predicted molar refractivity (Wildman–Crippen MR) is 85.0 cm³/mol. The van der Waals surface area contributed by atoms with Crippen LogP contribution in [0.4, 0.5) is 0 Å². The number of carboxylic acids is 1. The van der Waals surface area contributed by atoms with Crippen molar-refractivity contribution in [1.29, 1.82) is 0 Å². The topological polar surface area (TPSA) is 212 Å². The Kier molecular flexibility index (Phi) is 28.7. The van der Waals surface area contributed by atoms with E-state index in [1.165, 1.54) is 40.1 Å². The summed E-state index contributed by atoms with van der Waals surface area (Å²) in [6.45, 7) is 5.39. The maximum Gasteiger partial charge on any atom is 3.00 e. The molecule has 0 atom stereocenters. The van der Waals surface area contributed by atoms with Crippen molar-refractivity contribution in [3.05, 3.63) is 48.0 Å². The molecule has 0 amide bonds. The summed E-state index contributed by atoms with van der Waals surface area (Å²) in [6.07, 6.45) is 5.94. The Labute approximate surface area is 180 Å². The van der Waals surface area contributed by atoms with Gasteiger partial charge >= 0.3 is 37.3 Å². The second kappa shape index (κ2) is 21.2. The second-order valence-electron chi connectivity index (χ2n) is 4.11. The van der Waals surface area contributed by atoms with Crippen LogP contribution in [0.2, 0.25) is 0 Å². The van der Waals surface area contributed by atoms with Gasteiger partial charge in [-0.2, -0.15) is 0 Å². The monoisotopic (exact) mass is 525 g/mol. The van der Waals surface area contributed by atoms with E-state index in [1.807, 2.05) is 0 Å². The molecule has 0 saturated carbocycles. The number of aromatic nitrogens is 2. The van der Waals surface area contributed by atoms with Crippen molar-refractivity contribution in [2.45, 2.75) is 27.7 Å². The standard InChI is InChI=1S/C5H4N2O2.2C5H8O2.Er.2H2O/c8-5(9)4-3-6-1-2-7-4;2*1-4(6)3-5(2)7;;;/h1-3H,(H,8,9);2*3,6H,1-2H3;;2*1H2/q;;;+3;;/p-1/b;2*4-3-;;;. The molecule has 1 rings (SSSR count). The van der Waals surface area contributed by atoms with Crippen molar-refractivity contribution in [1.82, 2.24) is 9.97 Å². The van der Waals surface area contributed by atoms with E-state index in [-0.39, 0.29) is 77.0 Å². The summed E-state index contributed by atoms with van der Waals surface area (Å²) in [5.41, 5.74) is -0.141. The number of allylic oxidation sites excluding steroid dienone is 4. The minimum atomic E-state index is -1.30. The van der Waals surface area contributed by atoms with Gasteiger partial charge in [0, 0.05) is 12.4 Å². The molecule has 0 aliphatic heterocycles. The van der Waals surface area contributed by atoms with E-state index < -0.39 is 5.97 Å². The van der Waals surface area contributed by atoms with Gasteiger partial charge in [0.2, 0.25) is 0 Å². The minimum Gasteiger partial charge on any atom is -0.876 e. The first-order valence-corrected chi connectivity index (χ1v) is 6.25. The molecule has 0 aliphatic rings. The Morgan fingerprint density at radius 2 is 1.23 bits per heavy atom. The Bertz CT molecular complexity index is 553. The van der Waals surface area contributed by atoms with Gasteiger partial charge in [0.1, 0.15) is 5.69 Å². The van der Waals surface area contributed by atoms with E-state index in [0.29, 0.717) is 0 Å². The van der Waals surface area contributed by atoms with Crippen molar-refractivity contribution in [2.24, 2.45) is 0 Å². The summed E-state index contributed by atoms with van der Waals surface area (Å²) in [5, 5.41) is 29.9. The number of hydrogen-bond donors (Lipinski definition) is 0. The first-order valence-electron chi connectivity index (χ1n) is 6.25. The summed E-state index contributed by atoms with van der Waals surface area (Å²) in [7, 11) is 0. The van der Waals surface area contributed by atoms with Crippen molar-refractivity contribution in [2.75, 3.05) is 0 Å². The molecular weight excluding hydrogens is 503 g/mol. The summed E-state index contributed by atoms with van der Waals surface area (Å²) in [4.78, 5) is 36.9. The second-order valence-corrected chi connectivity index (χ2v) is 4.11. The van der Waals surface area contributed by atoms with Crippen LogP contribution in [0.25, 0.3) is 0 Å². The van der Waals surface area contributed by atoms with Gasteiger partial charge in [-0.3, -0.25) is 19.6 Å². The van der Waals surface area contributed by atoms with Gasteiger partial charge in [-0.25, -0.2) is 0 Å². The first kappa shape index (κ1) is 35.3. The number of carbonyl (C=O) groups is 3. The molecule has 0 saturated heterocycles. The number of hydrogen-bond acceptors (Lipinski definition) is 8. The van der Waals surface area contributed by atoms with Gasteiger partial charge in [-0.15, -0.1) is 11.5 Å². The zero-order valence-corrected chi connectivity index (χ0v) is 16.5. The molecule has 10 nitrogen and oxygen atoms in total. The molecule has 0 spiro atoms. The van der Waals surface area contributed by atoms with Crippen LogP contribution < -0.4 is 15.3 Å². The van der Waals surface area contributed by atoms with Crippen molar-refractivity contribution in [3.8, 4) is 0 Å².